The van der Waals surface area contributed by atoms with Gasteiger partial charge in [0.15, 0.2) is 0 Å². The lowest BCUT2D eigenvalue weighted by Crippen LogP contribution is -2.20. The van der Waals surface area contributed by atoms with Crippen LogP contribution in [-0.4, -0.2) is 39.7 Å². The molecule has 2 aromatic carbocycles. The van der Waals surface area contributed by atoms with E-state index in [1.54, 1.807) is 49.6 Å². The molecule has 7 heteroatoms. The van der Waals surface area contributed by atoms with Gasteiger partial charge in [0.25, 0.3) is 0 Å². The molecule has 25 heavy (non-hydrogen) atoms. The lowest BCUT2D eigenvalue weighted by molar-refractivity contribution is 0.0601. The molecule has 132 valence electrons. The van der Waals surface area contributed by atoms with Gasteiger partial charge in [0.1, 0.15) is 29.7 Å². The van der Waals surface area contributed by atoms with Crippen molar-refractivity contribution in [2.75, 3.05) is 33.3 Å². The molecule has 2 N–H and O–H groups in total. The Morgan fingerprint density at radius 3 is 2.28 bits per heavy atom. The van der Waals surface area contributed by atoms with Crippen LogP contribution >= 0.6 is 0 Å². The standard InChI is InChI=1S/C18H20N2O5/c1-22-13-5-7-14(8-6-13)25-11-17(19)20-15-10-12(18(21)24-3)4-9-16(15)23-2/h4-10H,11H2,1-3H3,(H2,19,20). The van der Waals surface area contributed by atoms with E-state index in [9.17, 15) is 4.79 Å². The monoisotopic (exact) mass is 344 g/mol. The van der Waals surface area contributed by atoms with Crippen LogP contribution in [-0.2, 0) is 4.74 Å². The van der Waals surface area contributed by atoms with Crippen molar-refractivity contribution in [2.45, 2.75) is 0 Å². The van der Waals surface area contributed by atoms with E-state index in [1.807, 2.05) is 0 Å². The van der Waals surface area contributed by atoms with Gasteiger partial charge in [-0.3, -0.25) is 5.41 Å². The highest BCUT2D eigenvalue weighted by Gasteiger charge is 2.12. The molecule has 0 radical (unpaired) electrons. The van der Waals surface area contributed by atoms with E-state index in [1.165, 1.54) is 14.2 Å². The highest BCUT2D eigenvalue weighted by atomic mass is 16.5. The van der Waals surface area contributed by atoms with Crippen LogP contribution in [0.3, 0.4) is 0 Å². The van der Waals surface area contributed by atoms with E-state index >= 15 is 0 Å². The fourth-order valence-electron chi connectivity index (χ4n) is 2.08. The van der Waals surface area contributed by atoms with Crippen molar-refractivity contribution in [3.05, 3.63) is 48.0 Å². The van der Waals surface area contributed by atoms with Gasteiger partial charge in [0.2, 0.25) is 0 Å². The largest absolute Gasteiger partial charge is 0.497 e. The van der Waals surface area contributed by atoms with E-state index in [0.29, 0.717) is 22.7 Å². The molecule has 0 saturated carbocycles. The van der Waals surface area contributed by atoms with Crippen molar-refractivity contribution in [3.63, 3.8) is 0 Å². The molecule has 0 aliphatic rings. The topological polar surface area (TPSA) is 89.9 Å². The predicted octanol–water partition coefficient (Wildman–Crippen LogP) is 2.96. The Bertz CT molecular complexity index is 744. The van der Waals surface area contributed by atoms with Gasteiger partial charge in [-0.05, 0) is 42.5 Å². The van der Waals surface area contributed by atoms with Gasteiger partial charge >= 0.3 is 5.97 Å². The number of esters is 1. The summed E-state index contributed by atoms with van der Waals surface area (Å²) >= 11 is 0. The van der Waals surface area contributed by atoms with Crippen LogP contribution < -0.4 is 19.5 Å². The van der Waals surface area contributed by atoms with Crippen molar-refractivity contribution in [1.29, 1.82) is 5.41 Å². The average Bonchev–Trinajstić information content (AvgIpc) is 2.66. The summed E-state index contributed by atoms with van der Waals surface area (Å²) in [6.07, 6.45) is 0. The van der Waals surface area contributed by atoms with Gasteiger partial charge in [0.05, 0.1) is 32.6 Å². The summed E-state index contributed by atoms with van der Waals surface area (Å²) in [5, 5.41) is 10.9. The molecule has 7 nitrogen and oxygen atoms in total. The van der Waals surface area contributed by atoms with Gasteiger partial charge in [-0.1, -0.05) is 0 Å². The number of hydrogen-bond donors (Lipinski definition) is 2. The molecule has 0 spiro atoms. The Morgan fingerprint density at radius 1 is 1.00 bits per heavy atom. The number of benzene rings is 2. The van der Waals surface area contributed by atoms with Crippen LogP contribution in [0.4, 0.5) is 5.69 Å². The number of methoxy groups -OCH3 is 3. The normalized spacial score (nSPS) is 9.88. The molecule has 2 rings (SSSR count). The number of anilines is 1. The molecular formula is C18H20N2O5. The minimum atomic E-state index is -0.466. The molecular weight excluding hydrogens is 324 g/mol. The molecule has 0 bridgehead atoms. The Hall–Kier alpha value is -3.22. The number of rotatable bonds is 7. The Morgan fingerprint density at radius 2 is 1.68 bits per heavy atom. The molecule has 0 atom stereocenters. The van der Waals surface area contributed by atoms with Crippen molar-refractivity contribution in [1.82, 2.24) is 0 Å². The zero-order chi connectivity index (χ0) is 18.2. The predicted molar refractivity (Wildman–Crippen MR) is 94.2 cm³/mol. The van der Waals surface area contributed by atoms with Gasteiger partial charge in [-0.15, -0.1) is 0 Å². The van der Waals surface area contributed by atoms with Gasteiger partial charge in [-0.25, -0.2) is 4.79 Å². The van der Waals surface area contributed by atoms with E-state index in [4.69, 9.17) is 24.4 Å². The van der Waals surface area contributed by atoms with Crippen molar-refractivity contribution in [3.8, 4) is 17.2 Å². The number of carbonyl (C=O) groups is 1. The minimum Gasteiger partial charge on any atom is -0.497 e. The van der Waals surface area contributed by atoms with E-state index in [0.717, 1.165) is 5.75 Å². The summed E-state index contributed by atoms with van der Waals surface area (Å²) in [6, 6.07) is 11.8. The van der Waals surface area contributed by atoms with E-state index in [-0.39, 0.29) is 12.4 Å². The molecule has 0 fully saturated rings. The maximum Gasteiger partial charge on any atom is 0.337 e. The molecule has 0 heterocycles. The lowest BCUT2D eigenvalue weighted by Gasteiger charge is -2.14. The van der Waals surface area contributed by atoms with Crippen molar-refractivity contribution >= 4 is 17.5 Å². The quantitative estimate of drug-likeness (QED) is 0.456. The summed E-state index contributed by atoms with van der Waals surface area (Å²) in [6.45, 7) is 0.0257. The first-order valence-electron chi connectivity index (χ1n) is 7.45. The van der Waals surface area contributed by atoms with Gasteiger partial charge < -0.3 is 24.3 Å². The summed E-state index contributed by atoms with van der Waals surface area (Å²) in [4.78, 5) is 11.6. The Kier molecular flexibility index (Phi) is 6.22. The number of hydrogen-bond acceptors (Lipinski definition) is 6. The maximum absolute atomic E-state index is 11.6. The summed E-state index contributed by atoms with van der Waals surface area (Å²) < 4.78 is 20.5. The van der Waals surface area contributed by atoms with Crippen LogP contribution in [0.15, 0.2) is 42.5 Å². The number of carbonyl (C=O) groups excluding carboxylic acids is 1. The molecule has 0 amide bonds. The SMILES string of the molecule is COC(=O)c1ccc(OC)c(NC(=N)COc2ccc(OC)cc2)c1. The number of ether oxygens (including phenoxy) is 4. The molecule has 0 aliphatic carbocycles. The van der Waals surface area contributed by atoms with Crippen LogP contribution in [0, 0.1) is 5.41 Å². The van der Waals surface area contributed by atoms with Crippen molar-refractivity contribution < 1.29 is 23.7 Å². The van der Waals surface area contributed by atoms with Crippen molar-refractivity contribution in [2.24, 2.45) is 0 Å². The number of amidine groups is 1. The van der Waals surface area contributed by atoms with Crippen LogP contribution in [0.2, 0.25) is 0 Å². The second-order valence-electron chi connectivity index (χ2n) is 4.97. The molecule has 0 aromatic heterocycles. The molecule has 0 aliphatic heterocycles. The second kappa shape index (κ2) is 8.58. The first kappa shape index (κ1) is 18.1. The fraction of sp³-hybridized carbons (Fsp3) is 0.222. The van der Waals surface area contributed by atoms with Crippen LogP contribution in [0.5, 0.6) is 17.2 Å². The minimum absolute atomic E-state index is 0.0257. The van der Waals surface area contributed by atoms with Gasteiger partial charge in [-0.2, -0.15) is 0 Å². The third kappa shape index (κ3) is 4.87. The lowest BCUT2D eigenvalue weighted by atomic mass is 10.2. The summed E-state index contributed by atoms with van der Waals surface area (Å²) in [5.74, 6) is 1.48. The van der Waals surface area contributed by atoms with Crippen LogP contribution in [0.1, 0.15) is 10.4 Å². The third-order valence-corrected chi connectivity index (χ3v) is 3.35. The zero-order valence-electron chi connectivity index (χ0n) is 14.3. The zero-order valence-corrected chi connectivity index (χ0v) is 14.3. The average molecular weight is 344 g/mol. The fourth-order valence-corrected chi connectivity index (χ4v) is 2.08. The second-order valence-corrected chi connectivity index (χ2v) is 4.97. The Balaban J connectivity index is 2.02. The molecule has 2 aromatic rings. The van der Waals surface area contributed by atoms with Gasteiger partial charge in [0, 0.05) is 0 Å². The molecule has 0 unspecified atom stereocenters. The summed E-state index contributed by atoms with van der Waals surface area (Å²) in [5.41, 5.74) is 0.836. The number of nitrogens with one attached hydrogen (secondary N) is 2. The first-order valence-corrected chi connectivity index (χ1v) is 7.45. The highest BCUT2D eigenvalue weighted by Crippen LogP contribution is 2.26. The van der Waals surface area contributed by atoms with E-state index < -0.39 is 5.97 Å². The maximum atomic E-state index is 11.6. The summed E-state index contributed by atoms with van der Waals surface area (Å²) in [7, 11) is 4.41. The third-order valence-electron chi connectivity index (χ3n) is 3.35. The smallest absolute Gasteiger partial charge is 0.337 e. The molecule has 0 saturated heterocycles. The Labute approximate surface area is 146 Å². The highest BCUT2D eigenvalue weighted by molar-refractivity contribution is 5.98. The van der Waals surface area contributed by atoms with Crippen LogP contribution in [0.25, 0.3) is 0 Å². The van der Waals surface area contributed by atoms with E-state index in [2.05, 4.69) is 5.32 Å². The first-order chi connectivity index (χ1) is 12.1.